The van der Waals surface area contributed by atoms with Gasteiger partial charge in [-0.05, 0) is 41.5 Å². The molecule has 0 radical (unpaired) electrons. The lowest BCUT2D eigenvalue weighted by atomic mass is 10.0. The fourth-order valence-electron chi connectivity index (χ4n) is 2.52. The molecule has 3 rings (SSSR count). The largest absolute Gasteiger partial charge is 0.466 e. The third-order valence-corrected chi connectivity index (χ3v) is 3.91. The first kappa shape index (κ1) is 16.1. The minimum atomic E-state index is -1.25. The Labute approximate surface area is 140 Å². The van der Waals surface area contributed by atoms with Crippen LogP contribution in [0.1, 0.15) is 18.2 Å². The van der Waals surface area contributed by atoms with Gasteiger partial charge in [0, 0.05) is 6.54 Å². The van der Waals surface area contributed by atoms with Crippen LogP contribution >= 0.6 is 0 Å². The van der Waals surface area contributed by atoms with Crippen molar-refractivity contribution in [3.05, 3.63) is 72.2 Å². The fraction of sp³-hybridized carbons (Fsp3) is 0.211. The highest BCUT2D eigenvalue weighted by molar-refractivity contribution is 5.83. The number of fused-ring (bicyclic) bond motifs is 1. The van der Waals surface area contributed by atoms with Crippen molar-refractivity contribution < 1.29 is 14.3 Å². The zero-order valence-electron chi connectivity index (χ0n) is 13.5. The van der Waals surface area contributed by atoms with E-state index < -0.39 is 5.60 Å². The number of carbonyl (C=O) groups is 1. The van der Waals surface area contributed by atoms with E-state index in [2.05, 4.69) is 22.8 Å². The molecule has 0 fully saturated rings. The van der Waals surface area contributed by atoms with E-state index in [1.54, 1.807) is 19.1 Å². The van der Waals surface area contributed by atoms with E-state index in [0.717, 1.165) is 10.9 Å². The number of rotatable bonds is 5. The van der Waals surface area contributed by atoms with Crippen molar-refractivity contribution in [3.8, 4) is 0 Å². The minimum absolute atomic E-state index is 0.0596. The molecule has 3 N–H and O–H groups in total. The van der Waals surface area contributed by atoms with E-state index in [9.17, 15) is 9.90 Å². The molecule has 1 unspecified atom stereocenters. The zero-order chi connectivity index (χ0) is 17.0. The van der Waals surface area contributed by atoms with Gasteiger partial charge in [0.25, 0.3) is 0 Å². The summed E-state index contributed by atoms with van der Waals surface area (Å²) in [4.78, 5) is 11.9. The minimum Gasteiger partial charge on any atom is -0.466 e. The van der Waals surface area contributed by atoms with Crippen LogP contribution in [0.5, 0.6) is 0 Å². The molecule has 0 aliphatic heterocycles. The third kappa shape index (κ3) is 3.75. The first-order valence-corrected chi connectivity index (χ1v) is 7.80. The first-order chi connectivity index (χ1) is 11.5. The van der Waals surface area contributed by atoms with Gasteiger partial charge in [-0.1, -0.05) is 36.4 Å². The van der Waals surface area contributed by atoms with Crippen molar-refractivity contribution in [1.82, 2.24) is 10.6 Å². The number of hydrogen-bond acceptors (Lipinski definition) is 3. The molecule has 124 valence electrons. The maximum Gasteiger partial charge on any atom is 0.315 e. The van der Waals surface area contributed by atoms with Crippen LogP contribution < -0.4 is 10.6 Å². The summed E-state index contributed by atoms with van der Waals surface area (Å²) < 4.78 is 5.18. The summed E-state index contributed by atoms with van der Waals surface area (Å²) in [6.45, 7) is 2.07. The molecule has 1 atom stereocenters. The molecule has 0 bridgehead atoms. The Morgan fingerprint density at radius 2 is 1.88 bits per heavy atom. The van der Waals surface area contributed by atoms with Crippen molar-refractivity contribution in [2.24, 2.45) is 0 Å². The summed E-state index contributed by atoms with van der Waals surface area (Å²) in [5.41, 5.74) is -0.231. The number of aliphatic hydroxyl groups is 1. The molecule has 1 heterocycles. The van der Waals surface area contributed by atoms with Crippen molar-refractivity contribution >= 4 is 16.8 Å². The second-order valence-electron chi connectivity index (χ2n) is 5.97. The maximum atomic E-state index is 11.9. The Hall–Kier alpha value is -2.79. The Balaban J connectivity index is 1.53. The molecule has 0 saturated heterocycles. The monoisotopic (exact) mass is 324 g/mol. The standard InChI is InChI=1S/C19H20N2O3/c1-19(23,17-7-4-10-24-17)13-21-18(22)20-12-14-8-9-15-5-2-3-6-16(15)11-14/h2-11,23H,12-13H2,1H3,(H2,20,21,22). The van der Waals surface area contributed by atoms with Crippen LogP contribution in [0, 0.1) is 0 Å². The SMILES string of the molecule is CC(O)(CNC(=O)NCc1ccc2ccccc2c1)c1ccco1. The van der Waals surface area contributed by atoms with Crippen LogP contribution in [-0.4, -0.2) is 17.7 Å². The second kappa shape index (κ2) is 6.76. The van der Waals surface area contributed by atoms with E-state index >= 15 is 0 Å². The molecule has 0 aliphatic carbocycles. The number of carbonyl (C=O) groups excluding carboxylic acids is 1. The quantitative estimate of drug-likeness (QED) is 0.675. The summed E-state index contributed by atoms with van der Waals surface area (Å²) in [5.74, 6) is 0.414. The normalized spacial score (nSPS) is 13.4. The number of furan rings is 1. The van der Waals surface area contributed by atoms with Crippen LogP contribution in [0.15, 0.2) is 65.3 Å². The summed E-state index contributed by atoms with van der Waals surface area (Å²) in [5, 5.41) is 18.0. The highest BCUT2D eigenvalue weighted by Crippen LogP contribution is 2.19. The van der Waals surface area contributed by atoms with Gasteiger partial charge in [0.1, 0.15) is 11.4 Å². The van der Waals surface area contributed by atoms with Gasteiger partial charge >= 0.3 is 6.03 Å². The van der Waals surface area contributed by atoms with Crippen molar-refractivity contribution in [2.45, 2.75) is 19.1 Å². The molecule has 2 aromatic carbocycles. The van der Waals surface area contributed by atoms with Gasteiger partial charge in [0.15, 0.2) is 0 Å². The molecule has 1 aromatic heterocycles. The van der Waals surface area contributed by atoms with Gasteiger partial charge in [-0.2, -0.15) is 0 Å². The lowest BCUT2D eigenvalue weighted by molar-refractivity contribution is 0.0367. The fourth-order valence-corrected chi connectivity index (χ4v) is 2.52. The van der Waals surface area contributed by atoms with Gasteiger partial charge in [-0.15, -0.1) is 0 Å². The van der Waals surface area contributed by atoms with Crippen LogP contribution in [0.3, 0.4) is 0 Å². The van der Waals surface area contributed by atoms with E-state index in [0.29, 0.717) is 12.3 Å². The average Bonchev–Trinajstić information content (AvgIpc) is 3.13. The average molecular weight is 324 g/mol. The number of urea groups is 1. The molecule has 24 heavy (non-hydrogen) atoms. The van der Waals surface area contributed by atoms with Gasteiger partial charge in [-0.3, -0.25) is 0 Å². The molecule has 5 heteroatoms. The number of nitrogens with one attached hydrogen (secondary N) is 2. The van der Waals surface area contributed by atoms with Crippen LogP contribution in [0.25, 0.3) is 10.8 Å². The topological polar surface area (TPSA) is 74.5 Å². The molecule has 0 aliphatic rings. The summed E-state index contributed by atoms with van der Waals surface area (Å²) in [7, 11) is 0. The molecule has 5 nitrogen and oxygen atoms in total. The number of benzene rings is 2. The molecule has 0 saturated carbocycles. The summed E-state index contributed by atoms with van der Waals surface area (Å²) in [6, 6.07) is 17.2. The first-order valence-electron chi connectivity index (χ1n) is 7.80. The van der Waals surface area contributed by atoms with Gasteiger partial charge in [0.2, 0.25) is 0 Å². The highest BCUT2D eigenvalue weighted by Gasteiger charge is 2.26. The molecular formula is C19H20N2O3. The van der Waals surface area contributed by atoms with Gasteiger partial charge in [0.05, 0.1) is 12.8 Å². The Bertz CT molecular complexity index is 826. The number of amides is 2. The molecule has 3 aromatic rings. The van der Waals surface area contributed by atoms with Crippen LogP contribution in [-0.2, 0) is 12.1 Å². The van der Waals surface area contributed by atoms with E-state index in [4.69, 9.17) is 4.42 Å². The smallest absolute Gasteiger partial charge is 0.315 e. The van der Waals surface area contributed by atoms with Crippen molar-refractivity contribution in [3.63, 3.8) is 0 Å². The predicted octanol–water partition coefficient (Wildman–Crippen LogP) is 3.14. The lowest BCUT2D eigenvalue weighted by Gasteiger charge is -2.21. The van der Waals surface area contributed by atoms with Crippen LogP contribution in [0.2, 0.25) is 0 Å². The van der Waals surface area contributed by atoms with Crippen molar-refractivity contribution in [1.29, 1.82) is 0 Å². The van der Waals surface area contributed by atoms with Crippen molar-refractivity contribution in [2.75, 3.05) is 6.54 Å². The molecular weight excluding hydrogens is 304 g/mol. The summed E-state index contributed by atoms with van der Waals surface area (Å²) >= 11 is 0. The number of hydrogen-bond donors (Lipinski definition) is 3. The van der Waals surface area contributed by atoms with Gasteiger partial charge in [-0.25, -0.2) is 4.79 Å². The second-order valence-corrected chi connectivity index (χ2v) is 5.97. The zero-order valence-corrected chi connectivity index (χ0v) is 13.5. The van der Waals surface area contributed by atoms with Gasteiger partial charge < -0.3 is 20.2 Å². The lowest BCUT2D eigenvalue weighted by Crippen LogP contribution is -2.43. The van der Waals surface area contributed by atoms with E-state index in [-0.39, 0.29) is 12.6 Å². The predicted molar refractivity (Wildman–Crippen MR) is 92.5 cm³/mol. The summed E-state index contributed by atoms with van der Waals surface area (Å²) in [6.07, 6.45) is 1.49. The Morgan fingerprint density at radius 3 is 2.62 bits per heavy atom. The molecule has 0 spiro atoms. The van der Waals surface area contributed by atoms with E-state index in [1.807, 2.05) is 30.3 Å². The Morgan fingerprint density at radius 1 is 1.08 bits per heavy atom. The van der Waals surface area contributed by atoms with E-state index in [1.165, 1.54) is 11.6 Å². The maximum absolute atomic E-state index is 11.9. The highest BCUT2D eigenvalue weighted by atomic mass is 16.4. The Kier molecular flexibility index (Phi) is 4.53. The third-order valence-electron chi connectivity index (χ3n) is 3.91. The molecule has 2 amide bonds. The van der Waals surface area contributed by atoms with Crippen LogP contribution in [0.4, 0.5) is 4.79 Å².